The third kappa shape index (κ3) is 3.61. The van der Waals surface area contributed by atoms with Crippen molar-refractivity contribution in [2.24, 2.45) is 7.05 Å². The number of aromatic nitrogens is 4. The fraction of sp³-hybridized carbons (Fsp3) is 0.409. The van der Waals surface area contributed by atoms with Gasteiger partial charge in [0.05, 0.1) is 46.8 Å². The van der Waals surface area contributed by atoms with Gasteiger partial charge in [0, 0.05) is 37.2 Å². The third-order valence-corrected chi connectivity index (χ3v) is 8.06. The first-order chi connectivity index (χ1) is 15.6. The van der Waals surface area contributed by atoms with Crippen LogP contribution in [0.5, 0.6) is 0 Å². The maximum Gasteiger partial charge on any atom is 0.241 e. The number of aliphatic hydroxyl groups is 1. The van der Waals surface area contributed by atoms with Crippen molar-refractivity contribution < 1.29 is 18.3 Å². The molecular formula is C22H26N6O4S. The van der Waals surface area contributed by atoms with E-state index in [2.05, 4.69) is 14.8 Å². The van der Waals surface area contributed by atoms with Crippen LogP contribution in [-0.2, 0) is 21.8 Å². The highest BCUT2D eigenvalue weighted by molar-refractivity contribution is 7.89. The second-order valence-electron chi connectivity index (χ2n) is 9.14. The Hall–Kier alpha value is -2.86. The number of nitrogens with zero attached hydrogens (tertiary/aromatic N) is 4. The van der Waals surface area contributed by atoms with Crippen molar-refractivity contribution in [3.05, 3.63) is 41.9 Å². The Morgan fingerprint density at radius 3 is 2.67 bits per heavy atom. The standard InChI is InChI=1S/C22H26N6O4S/c1-13-4-5-15(33(30,31)27-21-9-22(10-21,11-29)32-12-21)6-16(13)18-7-24-20(23)19(25-18)17-8-28(3)26-14(17)2/h4-8,27,29H,9-12H2,1-3H3,(H2,23,24). The zero-order valence-corrected chi connectivity index (χ0v) is 19.5. The van der Waals surface area contributed by atoms with Gasteiger partial charge in [0.25, 0.3) is 0 Å². The van der Waals surface area contributed by atoms with Crippen LogP contribution in [0.2, 0.25) is 0 Å². The molecule has 0 spiro atoms. The Labute approximate surface area is 191 Å². The van der Waals surface area contributed by atoms with Crippen molar-refractivity contribution in [3.8, 4) is 22.5 Å². The van der Waals surface area contributed by atoms with E-state index in [-0.39, 0.29) is 23.9 Å². The number of ether oxygens (including phenoxy) is 1. The van der Waals surface area contributed by atoms with E-state index in [0.29, 0.717) is 29.8 Å². The van der Waals surface area contributed by atoms with E-state index in [1.807, 2.05) is 27.1 Å². The van der Waals surface area contributed by atoms with E-state index in [1.54, 1.807) is 29.1 Å². The summed E-state index contributed by atoms with van der Waals surface area (Å²) >= 11 is 0. The van der Waals surface area contributed by atoms with E-state index < -0.39 is 21.2 Å². The van der Waals surface area contributed by atoms with Crippen LogP contribution in [0.4, 0.5) is 5.82 Å². The summed E-state index contributed by atoms with van der Waals surface area (Å²) in [6, 6.07) is 4.92. The molecule has 2 aliphatic heterocycles. The molecule has 4 heterocycles. The fourth-order valence-electron chi connectivity index (χ4n) is 4.88. The number of benzene rings is 1. The number of nitrogens with one attached hydrogen (secondary N) is 1. The quantitative estimate of drug-likeness (QED) is 0.489. The first kappa shape index (κ1) is 22.0. The first-order valence-corrected chi connectivity index (χ1v) is 12.1. The van der Waals surface area contributed by atoms with Gasteiger partial charge in [-0.3, -0.25) is 4.68 Å². The molecule has 33 heavy (non-hydrogen) atoms. The van der Waals surface area contributed by atoms with Gasteiger partial charge in [-0.05, 0) is 31.5 Å². The summed E-state index contributed by atoms with van der Waals surface area (Å²) in [6.45, 7) is 3.89. The Morgan fingerprint density at radius 1 is 1.27 bits per heavy atom. The Morgan fingerprint density at radius 2 is 2.03 bits per heavy atom. The Bertz CT molecular complexity index is 1360. The molecule has 6 rings (SSSR count). The minimum absolute atomic E-state index is 0.111. The molecular weight excluding hydrogens is 444 g/mol. The molecule has 2 aromatic heterocycles. The SMILES string of the molecule is Cc1ccc(S(=O)(=O)NC23COC(CO)(C2)C3)cc1-c1cnc(N)c(-c2cn(C)nc2C)n1. The molecule has 0 atom stereocenters. The number of fused-ring (bicyclic) bond motifs is 1. The van der Waals surface area contributed by atoms with Gasteiger partial charge in [0.2, 0.25) is 10.0 Å². The molecule has 10 nitrogen and oxygen atoms in total. The van der Waals surface area contributed by atoms with Crippen LogP contribution in [0, 0.1) is 13.8 Å². The van der Waals surface area contributed by atoms with E-state index in [4.69, 9.17) is 15.5 Å². The van der Waals surface area contributed by atoms with Gasteiger partial charge in [-0.1, -0.05) is 6.07 Å². The second kappa shape index (κ2) is 7.32. The minimum atomic E-state index is -3.82. The smallest absolute Gasteiger partial charge is 0.241 e. The maximum atomic E-state index is 13.2. The second-order valence-corrected chi connectivity index (χ2v) is 10.8. The largest absolute Gasteiger partial charge is 0.393 e. The van der Waals surface area contributed by atoms with Crippen molar-refractivity contribution in [1.29, 1.82) is 0 Å². The Kier molecular flexibility index (Phi) is 4.87. The number of nitrogens with two attached hydrogens (primary N) is 1. The lowest BCUT2D eigenvalue weighted by Gasteiger charge is -2.43. The number of rotatable bonds is 6. The van der Waals surface area contributed by atoms with E-state index in [1.165, 1.54) is 0 Å². The number of anilines is 1. The van der Waals surface area contributed by atoms with Crippen LogP contribution in [0.1, 0.15) is 24.1 Å². The van der Waals surface area contributed by atoms with Crippen LogP contribution < -0.4 is 10.5 Å². The highest BCUT2D eigenvalue weighted by Crippen LogP contribution is 2.51. The zero-order valence-electron chi connectivity index (χ0n) is 18.7. The first-order valence-electron chi connectivity index (χ1n) is 10.6. The van der Waals surface area contributed by atoms with Crippen LogP contribution in [0.25, 0.3) is 22.5 Å². The third-order valence-electron chi connectivity index (χ3n) is 6.48. The molecule has 1 aromatic carbocycles. The van der Waals surface area contributed by atoms with Gasteiger partial charge in [-0.25, -0.2) is 23.1 Å². The number of aryl methyl sites for hydroxylation is 3. The number of hydrogen-bond acceptors (Lipinski definition) is 8. The lowest BCUT2D eigenvalue weighted by atomic mass is 9.69. The van der Waals surface area contributed by atoms with E-state index >= 15 is 0 Å². The van der Waals surface area contributed by atoms with Crippen molar-refractivity contribution >= 4 is 15.8 Å². The van der Waals surface area contributed by atoms with Gasteiger partial charge in [0.1, 0.15) is 11.5 Å². The maximum absolute atomic E-state index is 13.2. The van der Waals surface area contributed by atoms with Crippen LogP contribution >= 0.6 is 0 Å². The van der Waals surface area contributed by atoms with Gasteiger partial charge >= 0.3 is 0 Å². The topological polar surface area (TPSA) is 145 Å². The summed E-state index contributed by atoms with van der Waals surface area (Å²) in [5.41, 5.74) is 8.88. The average molecular weight is 471 g/mol. The molecule has 4 N–H and O–H groups in total. The van der Waals surface area contributed by atoms with Crippen molar-refractivity contribution in [1.82, 2.24) is 24.5 Å². The molecule has 2 saturated heterocycles. The molecule has 0 radical (unpaired) electrons. The van der Waals surface area contributed by atoms with Gasteiger partial charge in [-0.2, -0.15) is 5.10 Å². The molecule has 0 unspecified atom stereocenters. The molecule has 174 valence electrons. The number of nitrogen functional groups attached to an aromatic ring is 1. The van der Waals surface area contributed by atoms with Crippen molar-refractivity contribution in [2.45, 2.75) is 42.7 Å². The van der Waals surface area contributed by atoms with E-state index in [9.17, 15) is 13.5 Å². The molecule has 2 bridgehead atoms. The fourth-order valence-corrected chi connectivity index (χ4v) is 6.29. The lowest BCUT2D eigenvalue weighted by Crippen LogP contribution is -2.60. The summed E-state index contributed by atoms with van der Waals surface area (Å²) < 4.78 is 36.5. The summed E-state index contributed by atoms with van der Waals surface area (Å²) in [5.74, 6) is 0.274. The molecule has 1 aliphatic carbocycles. The summed E-state index contributed by atoms with van der Waals surface area (Å²) in [5, 5.41) is 13.8. The minimum Gasteiger partial charge on any atom is -0.393 e. The molecule has 0 amide bonds. The zero-order chi connectivity index (χ0) is 23.6. The highest BCUT2D eigenvalue weighted by atomic mass is 32.2. The summed E-state index contributed by atoms with van der Waals surface area (Å²) in [7, 11) is -2.00. The van der Waals surface area contributed by atoms with Gasteiger partial charge < -0.3 is 15.6 Å². The van der Waals surface area contributed by atoms with Gasteiger partial charge in [-0.15, -0.1) is 0 Å². The monoisotopic (exact) mass is 470 g/mol. The molecule has 3 aliphatic rings. The van der Waals surface area contributed by atoms with Crippen LogP contribution in [0.3, 0.4) is 0 Å². The predicted molar refractivity (Wildman–Crippen MR) is 122 cm³/mol. The number of sulfonamides is 1. The summed E-state index contributed by atoms with van der Waals surface area (Å²) in [4.78, 5) is 9.15. The van der Waals surface area contributed by atoms with Crippen LogP contribution in [0.15, 0.2) is 35.5 Å². The Balaban J connectivity index is 1.50. The predicted octanol–water partition coefficient (Wildman–Crippen LogP) is 1.32. The lowest BCUT2D eigenvalue weighted by molar-refractivity contribution is -0.0482. The molecule has 3 fully saturated rings. The van der Waals surface area contributed by atoms with Gasteiger partial charge in [0.15, 0.2) is 0 Å². The average Bonchev–Trinajstić information content (AvgIpc) is 3.39. The van der Waals surface area contributed by atoms with Crippen molar-refractivity contribution in [2.75, 3.05) is 18.9 Å². The summed E-state index contributed by atoms with van der Waals surface area (Å²) in [6.07, 6.45) is 4.30. The molecule has 3 aromatic rings. The van der Waals surface area contributed by atoms with Crippen LogP contribution in [-0.4, -0.2) is 57.6 Å². The molecule has 11 heteroatoms. The normalized spacial score (nSPS) is 24.1. The van der Waals surface area contributed by atoms with E-state index in [0.717, 1.165) is 16.8 Å². The van der Waals surface area contributed by atoms with Crippen molar-refractivity contribution in [3.63, 3.8) is 0 Å². The molecule has 1 saturated carbocycles. The number of aliphatic hydroxyl groups excluding tert-OH is 1. The highest BCUT2D eigenvalue weighted by Gasteiger charge is 2.63. The number of hydrogen-bond donors (Lipinski definition) is 3.